The number of aromatic nitrogens is 1. The number of anilines is 1. The van der Waals surface area contributed by atoms with Crippen molar-refractivity contribution in [3.63, 3.8) is 0 Å². The average molecular weight is 265 g/mol. The van der Waals surface area contributed by atoms with E-state index in [1.54, 1.807) is 24.3 Å². The van der Waals surface area contributed by atoms with Crippen LogP contribution < -0.4 is 19.9 Å². The van der Waals surface area contributed by atoms with Crippen molar-refractivity contribution in [1.29, 1.82) is 0 Å². The molecular weight excluding hydrogens is 256 g/mol. The predicted octanol–water partition coefficient (Wildman–Crippen LogP) is 2.84. The second-order valence-corrected chi connectivity index (χ2v) is 4.08. The number of nitrogens with two attached hydrogens (primary N) is 1. The zero-order valence-electron chi connectivity index (χ0n) is 9.22. The Morgan fingerprint density at radius 3 is 2.89 bits per heavy atom. The third-order valence-electron chi connectivity index (χ3n) is 2.39. The molecule has 0 fully saturated rings. The quantitative estimate of drug-likeness (QED) is 0.903. The first-order chi connectivity index (χ1) is 8.72. The maximum Gasteiger partial charge on any atom is 0.238 e. The van der Waals surface area contributed by atoms with Crippen molar-refractivity contribution in [1.82, 2.24) is 4.98 Å². The van der Waals surface area contributed by atoms with Crippen molar-refractivity contribution in [3.8, 4) is 23.1 Å². The number of fused-ring (bicyclic) bond motifs is 1. The van der Waals surface area contributed by atoms with E-state index in [0.29, 0.717) is 33.8 Å². The molecule has 1 aromatic carbocycles. The van der Waals surface area contributed by atoms with Gasteiger partial charge in [-0.3, -0.25) is 0 Å². The molecule has 0 atom stereocenters. The van der Waals surface area contributed by atoms with Gasteiger partial charge in [-0.05, 0) is 18.2 Å². The van der Waals surface area contributed by atoms with Gasteiger partial charge in [-0.2, -0.15) is 0 Å². The van der Waals surface area contributed by atoms with E-state index in [9.17, 15) is 0 Å². The molecule has 1 aliphatic rings. The minimum absolute atomic E-state index is 0.222. The second-order valence-electron chi connectivity index (χ2n) is 3.67. The zero-order valence-corrected chi connectivity index (χ0v) is 9.98. The summed E-state index contributed by atoms with van der Waals surface area (Å²) in [6.07, 6.45) is 1.48. The molecule has 2 N–H and O–H groups in total. The summed E-state index contributed by atoms with van der Waals surface area (Å²) < 4.78 is 16.0. The van der Waals surface area contributed by atoms with Crippen LogP contribution in [0.5, 0.6) is 23.1 Å². The van der Waals surface area contributed by atoms with Gasteiger partial charge >= 0.3 is 0 Å². The standard InChI is InChI=1S/C12H9ClN2O3/c13-9-3-7(14)5-15-12(9)18-8-1-2-10-11(4-8)17-6-16-10/h1-5H,6,14H2. The van der Waals surface area contributed by atoms with Crippen LogP contribution in [0.4, 0.5) is 5.69 Å². The number of pyridine rings is 1. The Bertz CT molecular complexity index is 604. The highest BCUT2D eigenvalue weighted by molar-refractivity contribution is 6.32. The smallest absolute Gasteiger partial charge is 0.238 e. The van der Waals surface area contributed by atoms with Crippen LogP contribution in [0.15, 0.2) is 30.5 Å². The molecule has 0 saturated heterocycles. The summed E-state index contributed by atoms with van der Waals surface area (Å²) in [4.78, 5) is 4.02. The van der Waals surface area contributed by atoms with Crippen LogP contribution in [0.2, 0.25) is 5.02 Å². The number of nitrogens with zero attached hydrogens (tertiary/aromatic N) is 1. The third kappa shape index (κ3) is 2.00. The minimum atomic E-state index is 0.222. The van der Waals surface area contributed by atoms with E-state index in [0.717, 1.165) is 0 Å². The molecule has 0 spiro atoms. The highest BCUT2D eigenvalue weighted by atomic mass is 35.5. The number of hydrogen-bond donors (Lipinski definition) is 1. The molecule has 2 aromatic rings. The molecule has 0 aliphatic carbocycles. The zero-order chi connectivity index (χ0) is 12.5. The van der Waals surface area contributed by atoms with E-state index in [1.807, 2.05) is 0 Å². The number of ether oxygens (including phenoxy) is 3. The van der Waals surface area contributed by atoms with Crippen molar-refractivity contribution in [2.75, 3.05) is 12.5 Å². The Morgan fingerprint density at radius 2 is 2.06 bits per heavy atom. The molecular formula is C12H9ClN2O3. The first kappa shape index (κ1) is 11.0. The van der Waals surface area contributed by atoms with Crippen LogP contribution in [-0.2, 0) is 0 Å². The molecule has 0 unspecified atom stereocenters. The maximum absolute atomic E-state index is 5.97. The maximum atomic E-state index is 5.97. The fraction of sp³-hybridized carbons (Fsp3) is 0.0833. The Labute approximate surface area is 108 Å². The summed E-state index contributed by atoms with van der Waals surface area (Å²) in [6, 6.07) is 6.82. The topological polar surface area (TPSA) is 66.6 Å². The van der Waals surface area contributed by atoms with Crippen LogP contribution >= 0.6 is 11.6 Å². The first-order valence-electron chi connectivity index (χ1n) is 5.21. The van der Waals surface area contributed by atoms with Crippen molar-refractivity contribution < 1.29 is 14.2 Å². The van der Waals surface area contributed by atoms with Crippen LogP contribution in [0, 0.1) is 0 Å². The van der Waals surface area contributed by atoms with Gasteiger partial charge in [0.1, 0.15) is 10.8 Å². The fourth-order valence-corrected chi connectivity index (χ4v) is 1.78. The normalized spacial score (nSPS) is 12.5. The Kier molecular flexibility index (Phi) is 2.60. The predicted molar refractivity (Wildman–Crippen MR) is 66.3 cm³/mol. The van der Waals surface area contributed by atoms with E-state index in [4.69, 9.17) is 31.5 Å². The van der Waals surface area contributed by atoms with E-state index in [-0.39, 0.29) is 6.79 Å². The molecule has 0 bridgehead atoms. The summed E-state index contributed by atoms with van der Waals surface area (Å²) in [5.74, 6) is 2.20. The van der Waals surface area contributed by atoms with Gasteiger partial charge in [0.2, 0.25) is 12.7 Å². The number of benzene rings is 1. The molecule has 92 valence electrons. The van der Waals surface area contributed by atoms with Crippen molar-refractivity contribution in [3.05, 3.63) is 35.5 Å². The second kappa shape index (κ2) is 4.27. The van der Waals surface area contributed by atoms with E-state index in [1.165, 1.54) is 6.20 Å². The molecule has 3 rings (SSSR count). The number of rotatable bonds is 2. The third-order valence-corrected chi connectivity index (χ3v) is 2.66. The molecule has 18 heavy (non-hydrogen) atoms. The van der Waals surface area contributed by atoms with Crippen molar-refractivity contribution in [2.24, 2.45) is 0 Å². The van der Waals surface area contributed by atoms with E-state index in [2.05, 4.69) is 4.98 Å². The van der Waals surface area contributed by atoms with Gasteiger partial charge in [0, 0.05) is 6.07 Å². The largest absolute Gasteiger partial charge is 0.454 e. The summed E-state index contributed by atoms with van der Waals surface area (Å²) >= 11 is 5.97. The van der Waals surface area contributed by atoms with Crippen LogP contribution in [0.25, 0.3) is 0 Å². The Balaban J connectivity index is 1.88. The summed E-state index contributed by atoms with van der Waals surface area (Å²) in [5, 5.41) is 0.354. The first-order valence-corrected chi connectivity index (χ1v) is 5.59. The molecule has 6 heteroatoms. The van der Waals surface area contributed by atoms with Gasteiger partial charge in [0.15, 0.2) is 11.5 Å². The Morgan fingerprint density at radius 1 is 1.22 bits per heavy atom. The van der Waals surface area contributed by atoms with Gasteiger partial charge in [0.25, 0.3) is 0 Å². The molecule has 0 radical (unpaired) electrons. The highest BCUT2D eigenvalue weighted by Gasteiger charge is 2.14. The highest BCUT2D eigenvalue weighted by Crippen LogP contribution is 2.37. The SMILES string of the molecule is Nc1cnc(Oc2ccc3c(c2)OCO3)c(Cl)c1. The molecule has 0 amide bonds. The lowest BCUT2D eigenvalue weighted by atomic mass is 10.3. The van der Waals surface area contributed by atoms with Gasteiger partial charge in [-0.15, -0.1) is 0 Å². The van der Waals surface area contributed by atoms with Gasteiger partial charge < -0.3 is 19.9 Å². The van der Waals surface area contributed by atoms with Crippen molar-refractivity contribution >= 4 is 17.3 Å². The van der Waals surface area contributed by atoms with Gasteiger partial charge in [-0.1, -0.05) is 11.6 Å². The fourth-order valence-electron chi connectivity index (χ4n) is 1.57. The Hall–Kier alpha value is -2.14. The minimum Gasteiger partial charge on any atom is -0.454 e. The van der Waals surface area contributed by atoms with Crippen LogP contribution in [0.1, 0.15) is 0 Å². The monoisotopic (exact) mass is 264 g/mol. The molecule has 5 nitrogen and oxygen atoms in total. The molecule has 1 aromatic heterocycles. The van der Waals surface area contributed by atoms with Crippen molar-refractivity contribution in [2.45, 2.75) is 0 Å². The molecule has 1 aliphatic heterocycles. The lowest BCUT2D eigenvalue weighted by molar-refractivity contribution is 0.174. The lowest BCUT2D eigenvalue weighted by Gasteiger charge is -2.07. The van der Waals surface area contributed by atoms with Gasteiger partial charge in [-0.25, -0.2) is 4.98 Å². The number of nitrogen functional groups attached to an aromatic ring is 1. The van der Waals surface area contributed by atoms with E-state index >= 15 is 0 Å². The van der Waals surface area contributed by atoms with E-state index < -0.39 is 0 Å². The van der Waals surface area contributed by atoms with Gasteiger partial charge in [0.05, 0.1) is 11.9 Å². The molecule has 2 heterocycles. The summed E-state index contributed by atoms with van der Waals surface area (Å²) in [7, 11) is 0. The lowest BCUT2D eigenvalue weighted by Crippen LogP contribution is -1.93. The summed E-state index contributed by atoms with van der Waals surface area (Å²) in [5.41, 5.74) is 6.04. The van der Waals surface area contributed by atoms with Crippen LogP contribution in [-0.4, -0.2) is 11.8 Å². The number of halogens is 1. The summed E-state index contributed by atoms with van der Waals surface area (Å²) in [6.45, 7) is 0.222. The molecule has 0 saturated carbocycles. The van der Waals surface area contributed by atoms with Crippen LogP contribution in [0.3, 0.4) is 0 Å². The average Bonchev–Trinajstić information content (AvgIpc) is 2.80. The number of hydrogen-bond acceptors (Lipinski definition) is 5.